The summed E-state index contributed by atoms with van der Waals surface area (Å²) >= 11 is 0. The highest BCUT2D eigenvalue weighted by atomic mass is 16.5. The molecule has 336 valence electrons. The first kappa shape index (κ1) is 49.6. The summed E-state index contributed by atoms with van der Waals surface area (Å²) in [5, 5.41) is 26.4. The Labute approximate surface area is 369 Å². The fourth-order valence-electron chi connectivity index (χ4n) is 9.44. The van der Waals surface area contributed by atoms with Crippen molar-refractivity contribution in [3.63, 3.8) is 0 Å². The SMILES string of the molecule is CC#C[C@H](CC(=O)O)c1ccc(OCC2=CC3(CCCC3)CCC2)cc1.CC#C[C@H](CC(=O)O)c1ccc(OCC2=CC3(CCCC3)CCC2)cc1.NCCCC[C@H](N)C(=O)O. The normalized spacial score (nSPS) is 18.3. The molecular formula is C52H70N2O8. The van der Waals surface area contributed by atoms with Crippen molar-refractivity contribution in [3.05, 3.63) is 83.0 Å². The first-order valence-corrected chi connectivity index (χ1v) is 22.7. The molecule has 2 fully saturated rings. The maximum absolute atomic E-state index is 11.0. The Kier molecular flexibility index (Phi) is 20.6. The van der Waals surface area contributed by atoms with E-state index in [1.165, 1.54) is 88.2 Å². The summed E-state index contributed by atoms with van der Waals surface area (Å²) in [5.41, 5.74) is 16.1. The monoisotopic (exact) mass is 851 g/mol. The molecule has 10 heteroatoms. The van der Waals surface area contributed by atoms with E-state index < -0.39 is 23.9 Å². The van der Waals surface area contributed by atoms with Gasteiger partial charge in [-0.2, -0.15) is 0 Å². The van der Waals surface area contributed by atoms with Gasteiger partial charge in [0.05, 0.1) is 24.7 Å². The number of unbranched alkanes of at least 4 members (excludes halogenated alkanes) is 1. The van der Waals surface area contributed by atoms with Crippen molar-refractivity contribution in [1.29, 1.82) is 0 Å². The second-order valence-electron chi connectivity index (χ2n) is 17.5. The van der Waals surface area contributed by atoms with Crippen LogP contribution in [0.5, 0.6) is 11.5 Å². The zero-order chi connectivity index (χ0) is 44.8. The Morgan fingerprint density at radius 1 is 0.629 bits per heavy atom. The summed E-state index contributed by atoms with van der Waals surface area (Å²) in [4.78, 5) is 32.2. The molecule has 3 atom stereocenters. The van der Waals surface area contributed by atoms with Crippen LogP contribution in [-0.2, 0) is 14.4 Å². The summed E-state index contributed by atoms with van der Waals surface area (Å²) < 4.78 is 12.0. The number of carboxylic acids is 3. The summed E-state index contributed by atoms with van der Waals surface area (Å²) in [6.45, 7) is 5.40. The molecule has 0 aromatic heterocycles. The van der Waals surface area contributed by atoms with E-state index in [9.17, 15) is 14.4 Å². The number of carboxylic acid groups (broad SMARTS) is 3. The standard InChI is InChI=1S/2C23H28O3.C6H14N2O2/c2*1-2-6-20(15-22(24)25)19-8-10-21(11-9-19)26-17-18-7-5-14-23(16-18)12-3-4-13-23;7-4-2-1-3-5(8)6(9)10/h2*8-11,16,20H,3-5,7,12-15,17H2,1H3,(H,24,25);5H,1-4,7-8H2,(H,9,10)/t2*20-;5-/m110/s1. The molecule has 0 aliphatic heterocycles. The quantitative estimate of drug-likeness (QED) is 0.0583. The van der Waals surface area contributed by atoms with E-state index in [2.05, 4.69) is 35.8 Å². The zero-order valence-electron chi connectivity index (χ0n) is 37.1. The minimum absolute atomic E-state index is 0.0238. The van der Waals surface area contributed by atoms with Crippen LogP contribution in [0, 0.1) is 34.5 Å². The molecule has 2 aromatic carbocycles. The first-order valence-electron chi connectivity index (χ1n) is 22.7. The highest BCUT2D eigenvalue weighted by Crippen LogP contribution is 2.48. The molecule has 0 amide bonds. The molecule has 7 N–H and O–H groups in total. The number of carbonyl (C=O) groups is 3. The molecule has 4 aliphatic carbocycles. The molecular weight excluding hydrogens is 781 g/mol. The molecule has 10 nitrogen and oxygen atoms in total. The van der Waals surface area contributed by atoms with E-state index >= 15 is 0 Å². The van der Waals surface area contributed by atoms with Gasteiger partial charge in [0.2, 0.25) is 0 Å². The van der Waals surface area contributed by atoms with E-state index in [-0.39, 0.29) is 24.7 Å². The van der Waals surface area contributed by atoms with Crippen molar-refractivity contribution < 1.29 is 39.2 Å². The Bertz CT molecular complexity index is 1790. The Balaban J connectivity index is 0.000000225. The second kappa shape index (κ2) is 25.8. The predicted molar refractivity (Wildman–Crippen MR) is 245 cm³/mol. The Morgan fingerprint density at radius 3 is 1.35 bits per heavy atom. The van der Waals surface area contributed by atoms with E-state index in [1.54, 1.807) is 13.8 Å². The maximum atomic E-state index is 11.0. The summed E-state index contributed by atoms with van der Waals surface area (Å²) in [5.74, 6) is 10.1. The lowest BCUT2D eigenvalue weighted by molar-refractivity contribution is -0.139. The van der Waals surface area contributed by atoms with Crippen LogP contribution in [0.1, 0.15) is 159 Å². The molecule has 62 heavy (non-hydrogen) atoms. The van der Waals surface area contributed by atoms with Crippen LogP contribution in [0.2, 0.25) is 0 Å². The molecule has 0 unspecified atom stereocenters. The molecule has 2 saturated carbocycles. The number of hydrogen-bond donors (Lipinski definition) is 5. The Morgan fingerprint density at radius 2 is 1.02 bits per heavy atom. The third kappa shape index (κ3) is 16.7. The third-order valence-corrected chi connectivity index (χ3v) is 12.7. The molecule has 2 aromatic rings. The Hall–Kier alpha value is -5.03. The van der Waals surface area contributed by atoms with Crippen molar-refractivity contribution >= 4 is 17.9 Å². The lowest BCUT2D eigenvalue weighted by Gasteiger charge is -2.31. The highest BCUT2D eigenvalue weighted by molar-refractivity contribution is 5.73. The molecule has 0 saturated heterocycles. The van der Waals surface area contributed by atoms with Crippen LogP contribution in [0.4, 0.5) is 0 Å². The average molecular weight is 851 g/mol. The van der Waals surface area contributed by atoms with Gasteiger partial charge in [0.25, 0.3) is 0 Å². The summed E-state index contributed by atoms with van der Waals surface area (Å²) in [6, 6.07) is 14.7. The topological polar surface area (TPSA) is 182 Å². The van der Waals surface area contributed by atoms with Gasteiger partial charge in [-0.05, 0) is 155 Å². The van der Waals surface area contributed by atoms with Crippen molar-refractivity contribution in [2.45, 2.75) is 154 Å². The van der Waals surface area contributed by atoms with Crippen molar-refractivity contribution in [2.24, 2.45) is 22.3 Å². The number of hydrogen-bond acceptors (Lipinski definition) is 7. The number of nitrogens with two attached hydrogens (primary N) is 2. The van der Waals surface area contributed by atoms with Crippen LogP contribution in [0.3, 0.4) is 0 Å². The predicted octanol–water partition coefficient (Wildman–Crippen LogP) is 10.2. The smallest absolute Gasteiger partial charge is 0.320 e. The summed E-state index contributed by atoms with van der Waals surface area (Å²) in [6.07, 6.45) is 25.6. The molecule has 2 spiro atoms. The molecule has 4 aliphatic rings. The summed E-state index contributed by atoms with van der Waals surface area (Å²) in [7, 11) is 0. The van der Waals surface area contributed by atoms with Gasteiger partial charge in [0.15, 0.2) is 0 Å². The van der Waals surface area contributed by atoms with E-state index in [4.69, 9.17) is 36.3 Å². The van der Waals surface area contributed by atoms with Crippen LogP contribution >= 0.6 is 0 Å². The number of aliphatic carboxylic acids is 3. The van der Waals surface area contributed by atoms with Gasteiger partial charge in [-0.25, -0.2) is 0 Å². The largest absolute Gasteiger partial charge is 0.489 e. The van der Waals surface area contributed by atoms with Crippen molar-refractivity contribution in [3.8, 4) is 35.2 Å². The molecule has 0 bridgehead atoms. The van der Waals surface area contributed by atoms with Gasteiger partial charge in [0, 0.05) is 0 Å². The fraction of sp³-hybridized carbons (Fsp3) is 0.558. The lowest BCUT2D eigenvalue weighted by atomic mass is 9.75. The third-order valence-electron chi connectivity index (χ3n) is 12.7. The number of rotatable bonds is 17. The lowest BCUT2D eigenvalue weighted by Crippen LogP contribution is -2.29. The van der Waals surface area contributed by atoms with Crippen LogP contribution in [-0.4, -0.2) is 59.0 Å². The van der Waals surface area contributed by atoms with E-state index in [0.29, 0.717) is 37.0 Å². The second-order valence-corrected chi connectivity index (χ2v) is 17.5. The highest BCUT2D eigenvalue weighted by Gasteiger charge is 2.35. The van der Waals surface area contributed by atoms with Gasteiger partial charge in [-0.15, -0.1) is 11.8 Å². The fourth-order valence-corrected chi connectivity index (χ4v) is 9.44. The van der Waals surface area contributed by atoms with Crippen molar-refractivity contribution in [1.82, 2.24) is 0 Å². The minimum atomic E-state index is -0.933. The van der Waals surface area contributed by atoms with E-state index in [1.807, 2.05) is 48.5 Å². The number of benzene rings is 2. The van der Waals surface area contributed by atoms with Gasteiger partial charge in [0.1, 0.15) is 30.8 Å². The van der Waals surface area contributed by atoms with Gasteiger partial charge < -0.3 is 36.3 Å². The molecule has 6 rings (SSSR count). The van der Waals surface area contributed by atoms with Gasteiger partial charge >= 0.3 is 17.9 Å². The first-order chi connectivity index (χ1) is 29.9. The van der Waals surface area contributed by atoms with Crippen LogP contribution in [0.15, 0.2) is 71.8 Å². The van der Waals surface area contributed by atoms with Crippen LogP contribution in [0.25, 0.3) is 0 Å². The minimum Gasteiger partial charge on any atom is -0.489 e. The van der Waals surface area contributed by atoms with Gasteiger partial charge in [-0.3, -0.25) is 14.4 Å². The van der Waals surface area contributed by atoms with Crippen LogP contribution < -0.4 is 20.9 Å². The number of ether oxygens (including phenoxy) is 2. The zero-order valence-corrected chi connectivity index (χ0v) is 37.1. The van der Waals surface area contributed by atoms with Crippen molar-refractivity contribution in [2.75, 3.05) is 19.8 Å². The molecule has 0 radical (unpaired) electrons. The molecule has 0 heterocycles. The number of allylic oxidation sites excluding steroid dienone is 2. The van der Waals surface area contributed by atoms with E-state index in [0.717, 1.165) is 48.3 Å². The maximum Gasteiger partial charge on any atom is 0.320 e. The average Bonchev–Trinajstić information content (AvgIpc) is 3.91. The van der Waals surface area contributed by atoms with Gasteiger partial charge in [-0.1, -0.05) is 80.4 Å².